The largest absolute Gasteiger partial charge is 0.352 e. The van der Waals surface area contributed by atoms with Gasteiger partial charge in [0.05, 0.1) is 10.6 Å². The smallest absolute Gasteiger partial charge is 0.264 e. The summed E-state index contributed by atoms with van der Waals surface area (Å²) in [7, 11) is -4.09. The molecule has 1 aliphatic carbocycles. The SMILES string of the molecule is Cc1ccc(S(=O)(=O)N(CC(=O)N(Cc2ccccc2)[C@H](C)C(=O)NC2CCCC2)c2cc(C)ccc2C)cc1. The molecule has 40 heavy (non-hydrogen) atoms. The van der Waals surface area contributed by atoms with Crippen LogP contribution < -0.4 is 9.62 Å². The number of rotatable bonds is 10. The summed E-state index contributed by atoms with van der Waals surface area (Å²) in [6, 6.07) is 20.9. The van der Waals surface area contributed by atoms with Gasteiger partial charge in [0.15, 0.2) is 0 Å². The molecule has 1 saturated carbocycles. The molecule has 0 radical (unpaired) electrons. The molecule has 2 amide bonds. The van der Waals surface area contributed by atoms with E-state index in [1.54, 1.807) is 37.3 Å². The first-order valence-corrected chi connectivity index (χ1v) is 15.3. The lowest BCUT2D eigenvalue weighted by Crippen LogP contribution is -2.52. The number of nitrogens with zero attached hydrogens (tertiary/aromatic N) is 2. The second-order valence-electron chi connectivity index (χ2n) is 10.8. The normalized spacial score (nSPS) is 14.5. The van der Waals surface area contributed by atoms with E-state index in [-0.39, 0.29) is 23.4 Å². The van der Waals surface area contributed by atoms with E-state index in [4.69, 9.17) is 0 Å². The highest BCUT2D eigenvalue weighted by molar-refractivity contribution is 7.92. The van der Waals surface area contributed by atoms with Gasteiger partial charge in [-0.1, -0.05) is 73.0 Å². The summed E-state index contributed by atoms with van der Waals surface area (Å²) < 4.78 is 29.3. The van der Waals surface area contributed by atoms with Crippen molar-refractivity contribution in [3.8, 4) is 0 Å². The van der Waals surface area contributed by atoms with Gasteiger partial charge in [-0.2, -0.15) is 0 Å². The van der Waals surface area contributed by atoms with Gasteiger partial charge in [0.25, 0.3) is 10.0 Å². The third kappa shape index (κ3) is 6.91. The first kappa shape index (κ1) is 29.3. The Morgan fingerprint density at radius 1 is 0.900 bits per heavy atom. The Hall–Kier alpha value is -3.65. The van der Waals surface area contributed by atoms with Gasteiger partial charge >= 0.3 is 0 Å². The molecule has 1 N–H and O–H groups in total. The number of hydrogen-bond acceptors (Lipinski definition) is 4. The Labute approximate surface area is 238 Å². The maximum atomic E-state index is 14.1. The van der Waals surface area contributed by atoms with Crippen molar-refractivity contribution in [3.05, 3.63) is 95.1 Å². The van der Waals surface area contributed by atoms with Gasteiger partial charge in [-0.15, -0.1) is 0 Å². The minimum atomic E-state index is -4.09. The van der Waals surface area contributed by atoms with E-state index in [1.807, 2.05) is 63.2 Å². The van der Waals surface area contributed by atoms with Gasteiger partial charge in [0.2, 0.25) is 11.8 Å². The average Bonchev–Trinajstić information content (AvgIpc) is 3.45. The van der Waals surface area contributed by atoms with Crippen LogP contribution in [-0.4, -0.2) is 43.8 Å². The topological polar surface area (TPSA) is 86.8 Å². The molecule has 1 aliphatic rings. The fourth-order valence-corrected chi connectivity index (χ4v) is 6.56. The van der Waals surface area contributed by atoms with Gasteiger partial charge < -0.3 is 10.2 Å². The number of aryl methyl sites for hydroxylation is 3. The fraction of sp³-hybridized carbons (Fsp3) is 0.375. The number of amides is 2. The van der Waals surface area contributed by atoms with Crippen molar-refractivity contribution in [1.29, 1.82) is 0 Å². The zero-order chi connectivity index (χ0) is 28.9. The maximum absolute atomic E-state index is 14.1. The van der Waals surface area contributed by atoms with Crippen LogP contribution in [0, 0.1) is 20.8 Å². The predicted octanol–water partition coefficient (Wildman–Crippen LogP) is 5.28. The molecule has 1 fully saturated rings. The summed E-state index contributed by atoms with van der Waals surface area (Å²) in [5.74, 6) is -0.676. The molecule has 7 nitrogen and oxygen atoms in total. The van der Waals surface area contributed by atoms with Crippen molar-refractivity contribution in [3.63, 3.8) is 0 Å². The summed E-state index contributed by atoms with van der Waals surface area (Å²) >= 11 is 0. The number of carbonyl (C=O) groups is 2. The highest BCUT2D eigenvalue weighted by Crippen LogP contribution is 2.29. The summed E-state index contributed by atoms with van der Waals surface area (Å²) in [5, 5.41) is 3.10. The van der Waals surface area contributed by atoms with Crippen LogP contribution in [0.4, 0.5) is 5.69 Å². The molecule has 1 atom stereocenters. The lowest BCUT2D eigenvalue weighted by atomic mass is 10.1. The summed E-state index contributed by atoms with van der Waals surface area (Å²) in [4.78, 5) is 29.0. The van der Waals surface area contributed by atoms with Crippen LogP contribution in [0.2, 0.25) is 0 Å². The predicted molar refractivity (Wildman–Crippen MR) is 158 cm³/mol. The molecule has 0 unspecified atom stereocenters. The monoisotopic (exact) mass is 561 g/mol. The Morgan fingerprint density at radius 2 is 1.52 bits per heavy atom. The van der Waals surface area contributed by atoms with Crippen LogP contribution in [0.1, 0.15) is 54.9 Å². The van der Waals surface area contributed by atoms with Gasteiger partial charge in [-0.05, 0) is 75.4 Å². The number of carbonyl (C=O) groups excluding carboxylic acids is 2. The minimum Gasteiger partial charge on any atom is -0.352 e. The van der Waals surface area contributed by atoms with E-state index in [2.05, 4.69) is 5.32 Å². The van der Waals surface area contributed by atoms with E-state index in [1.165, 1.54) is 9.21 Å². The molecule has 3 aromatic rings. The van der Waals surface area contributed by atoms with Crippen molar-refractivity contribution in [2.24, 2.45) is 0 Å². The lowest BCUT2D eigenvalue weighted by Gasteiger charge is -2.33. The van der Waals surface area contributed by atoms with Gasteiger partial charge in [-0.3, -0.25) is 13.9 Å². The number of anilines is 1. The van der Waals surface area contributed by atoms with Gasteiger partial charge in [0, 0.05) is 12.6 Å². The third-order valence-corrected chi connectivity index (χ3v) is 9.36. The lowest BCUT2D eigenvalue weighted by molar-refractivity contribution is -0.139. The first-order chi connectivity index (χ1) is 19.1. The molecule has 0 heterocycles. The zero-order valence-corrected chi connectivity index (χ0v) is 24.6. The molecule has 212 valence electrons. The van der Waals surface area contributed by atoms with Crippen LogP contribution >= 0.6 is 0 Å². The summed E-state index contributed by atoms with van der Waals surface area (Å²) in [6.45, 7) is 7.07. The Kier molecular flexibility index (Phi) is 9.30. The fourth-order valence-electron chi connectivity index (χ4n) is 5.09. The highest BCUT2D eigenvalue weighted by Gasteiger charge is 2.34. The summed E-state index contributed by atoms with van der Waals surface area (Å²) in [5.41, 5.74) is 3.84. The molecule has 4 rings (SSSR count). The highest BCUT2D eigenvalue weighted by atomic mass is 32.2. The van der Waals surface area contributed by atoms with Gasteiger partial charge in [-0.25, -0.2) is 8.42 Å². The van der Waals surface area contributed by atoms with Crippen molar-refractivity contribution in [2.75, 3.05) is 10.8 Å². The van der Waals surface area contributed by atoms with Crippen LogP contribution in [-0.2, 0) is 26.2 Å². The van der Waals surface area contributed by atoms with Crippen molar-refractivity contribution in [2.45, 2.75) is 76.9 Å². The van der Waals surface area contributed by atoms with E-state index in [0.29, 0.717) is 5.69 Å². The first-order valence-electron chi connectivity index (χ1n) is 13.9. The van der Waals surface area contributed by atoms with Crippen molar-refractivity contribution >= 4 is 27.5 Å². The number of hydrogen-bond donors (Lipinski definition) is 1. The van der Waals surface area contributed by atoms with Crippen molar-refractivity contribution in [1.82, 2.24) is 10.2 Å². The molecule has 0 spiro atoms. The quantitative estimate of drug-likeness (QED) is 0.365. The molecular weight excluding hydrogens is 522 g/mol. The summed E-state index contributed by atoms with van der Waals surface area (Å²) in [6.07, 6.45) is 4.02. The Morgan fingerprint density at radius 3 is 2.17 bits per heavy atom. The third-order valence-electron chi connectivity index (χ3n) is 7.59. The molecular formula is C32H39N3O4S. The molecule has 8 heteroatoms. The van der Waals surface area contributed by atoms with Crippen molar-refractivity contribution < 1.29 is 18.0 Å². The Balaban J connectivity index is 1.70. The second kappa shape index (κ2) is 12.7. The zero-order valence-electron chi connectivity index (χ0n) is 23.8. The van der Waals surface area contributed by atoms with E-state index in [0.717, 1.165) is 47.9 Å². The molecule has 0 bridgehead atoms. The van der Waals surface area contributed by atoms with Crippen LogP contribution in [0.25, 0.3) is 0 Å². The van der Waals surface area contributed by atoms with Crippen LogP contribution in [0.5, 0.6) is 0 Å². The molecule has 3 aromatic carbocycles. The second-order valence-corrected chi connectivity index (χ2v) is 12.7. The van der Waals surface area contributed by atoms with E-state index < -0.39 is 28.5 Å². The molecule has 0 aromatic heterocycles. The number of sulfonamides is 1. The van der Waals surface area contributed by atoms with E-state index >= 15 is 0 Å². The Bertz CT molecular complexity index is 1430. The average molecular weight is 562 g/mol. The minimum absolute atomic E-state index is 0.105. The van der Waals surface area contributed by atoms with Crippen LogP contribution in [0.15, 0.2) is 77.7 Å². The number of nitrogens with one attached hydrogen (secondary N) is 1. The molecule has 0 saturated heterocycles. The van der Waals surface area contributed by atoms with Gasteiger partial charge in [0.1, 0.15) is 12.6 Å². The standard InChI is InChI=1S/C32H39N3O4S/c1-23-15-18-29(19-16-23)40(38,39)35(30-20-24(2)14-17-25(30)3)22-31(36)34(21-27-10-6-5-7-11-27)26(4)32(37)33-28-12-8-9-13-28/h5-7,10-11,14-20,26,28H,8-9,12-13,21-22H2,1-4H3,(H,33,37)/t26-/m1/s1. The maximum Gasteiger partial charge on any atom is 0.264 e. The van der Waals surface area contributed by atoms with Crippen LogP contribution in [0.3, 0.4) is 0 Å². The number of benzene rings is 3. The van der Waals surface area contributed by atoms with E-state index in [9.17, 15) is 18.0 Å². The molecule has 0 aliphatic heterocycles.